The van der Waals surface area contributed by atoms with E-state index in [1.807, 2.05) is 6.92 Å². The summed E-state index contributed by atoms with van der Waals surface area (Å²) < 4.78 is -0.668. The van der Waals surface area contributed by atoms with Gasteiger partial charge in [-0.3, -0.25) is 0 Å². The van der Waals surface area contributed by atoms with Crippen molar-refractivity contribution in [3.63, 3.8) is 0 Å². The Morgan fingerprint density at radius 1 is 1.09 bits per heavy atom. The number of hydrogen-bond donors (Lipinski definition) is 1. The zero-order valence-electron chi connectivity index (χ0n) is 8.33. The molecule has 0 bridgehead atoms. The quantitative estimate of drug-likeness (QED) is 0.550. The van der Waals surface area contributed by atoms with E-state index in [1.165, 1.54) is 0 Å². The van der Waals surface area contributed by atoms with Gasteiger partial charge in [0.1, 0.15) is 12.2 Å². The fraction of sp³-hybridized carbons (Fsp3) is 1.00. The van der Waals surface area contributed by atoms with E-state index in [0.717, 1.165) is 0 Å². The number of aliphatic hydroxyl groups is 1. The Hall–Kier alpha value is 0.657. The lowest BCUT2D eigenvalue weighted by Gasteiger charge is -2.44. The van der Waals surface area contributed by atoms with Crippen LogP contribution in [0.1, 0.15) is 27.7 Å². The van der Waals surface area contributed by atoms with Crippen molar-refractivity contribution in [3.8, 4) is 0 Å². The molecule has 0 heterocycles. The van der Waals surface area contributed by atoms with Crippen LogP contribution in [0.3, 0.4) is 0 Å². The molecule has 0 aliphatic rings. The maximum atomic E-state index is 9.86. The van der Waals surface area contributed by atoms with E-state index in [0.29, 0.717) is 0 Å². The molecule has 0 spiro atoms. The van der Waals surface area contributed by atoms with Gasteiger partial charge in [-0.05, 0) is 12.0 Å². The van der Waals surface area contributed by atoms with Crippen molar-refractivity contribution in [2.24, 2.45) is 0 Å². The van der Waals surface area contributed by atoms with E-state index in [4.69, 9.17) is 0 Å². The maximum Gasteiger partial charge on any atom is 0.104 e. The second-order valence-corrected chi connectivity index (χ2v) is 12.8. The zero-order chi connectivity index (χ0) is 9.50. The molecule has 68 valence electrons. The Labute approximate surface area is 79.3 Å². The van der Waals surface area contributed by atoms with Gasteiger partial charge < -0.3 is 5.11 Å². The molecule has 0 fully saturated rings. The molecule has 0 radical (unpaired) electrons. The average Bonchev–Trinajstić information content (AvgIpc) is 1.58. The van der Waals surface area contributed by atoms with Gasteiger partial charge in [-0.1, -0.05) is 49.8 Å². The largest absolute Gasteiger partial charge is 0.383 e. The summed E-state index contributed by atoms with van der Waals surface area (Å²) in [6.07, 6.45) is 0. The monoisotopic (exact) mass is 238 g/mol. The van der Waals surface area contributed by atoms with Gasteiger partial charge in [-0.15, -0.1) is 0 Å². The molecular formula is C8H19BrOSi. The lowest BCUT2D eigenvalue weighted by atomic mass is 10.2. The third-order valence-electron chi connectivity index (χ3n) is 3.02. The third-order valence-corrected chi connectivity index (χ3v) is 12.0. The summed E-state index contributed by atoms with van der Waals surface area (Å²) in [6, 6.07) is 0. The van der Waals surface area contributed by atoms with E-state index in [9.17, 15) is 5.11 Å². The highest BCUT2D eigenvalue weighted by Gasteiger charge is 2.47. The molecule has 1 unspecified atom stereocenters. The minimum Gasteiger partial charge on any atom is -0.383 e. The summed E-state index contributed by atoms with van der Waals surface area (Å²) in [5.41, 5.74) is 0. The van der Waals surface area contributed by atoms with Gasteiger partial charge in [0, 0.05) is 0 Å². The van der Waals surface area contributed by atoms with Crippen LogP contribution in [-0.4, -0.2) is 17.3 Å². The third kappa shape index (κ3) is 2.29. The SMILES string of the molecule is CC(C)(C)[Si](C)(C)C(C)(O)Br. The first-order valence-corrected chi connectivity index (χ1v) is 7.71. The van der Waals surface area contributed by atoms with E-state index < -0.39 is 12.2 Å². The highest BCUT2D eigenvalue weighted by molar-refractivity contribution is 9.10. The van der Waals surface area contributed by atoms with Crippen LogP contribution in [0, 0.1) is 0 Å². The molecule has 0 amide bonds. The van der Waals surface area contributed by atoms with Gasteiger partial charge in [0.2, 0.25) is 0 Å². The van der Waals surface area contributed by atoms with E-state index >= 15 is 0 Å². The minimum atomic E-state index is -1.63. The number of halogens is 1. The van der Waals surface area contributed by atoms with Crippen LogP contribution >= 0.6 is 15.9 Å². The van der Waals surface area contributed by atoms with Crippen molar-refractivity contribution in [1.82, 2.24) is 0 Å². The van der Waals surface area contributed by atoms with Crippen molar-refractivity contribution >= 4 is 24.0 Å². The van der Waals surface area contributed by atoms with E-state index in [1.54, 1.807) is 0 Å². The van der Waals surface area contributed by atoms with Crippen molar-refractivity contribution in [3.05, 3.63) is 0 Å². The summed E-state index contributed by atoms with van der Waals surface area (Å²) in [5, 5.41) is 10.1. The van der Waals surface area contributed by atoms with Crippen LogP contribution in [0.15, 0.2) is 0 Å². The molecule has 0 rings (SSSR count). The van der Waals surface area contributed by atoms with Crippen LogP contribution in [0.25, 0.3) is 0 Å². The summed E-state index contributed by atoms with van der Waals surface area (Å²) in [5.74, 6) is 0. The van der Waals surface area contributed by atoms with Gasteiger partial charge in [-0.2, -0.15) is 0 Å². The van der Waals surface area contributed by atoms with Crippen molar-refractivity contribution < 1.29 is 5.11 Å². The van der Waals surface area contributed by atoms with Gasteiger partial charge in [0.05, 0.1) is 0 Å². The van der Waals surface area contributed by atoms with Crippen molar-refractivity contribution in [2.75, 3.05) is 0 Å². The lowest BCUT2D eigenvalue weighted by Crippen LogP contribution is -2.54. The molecule has 0 aliphatic carbocycles. The Balaban J connectivity index is 4.75. The number of alkyl halides is 1. The molecule has 1 N–H and O–H groups in total. The average molecular weight is 239 g/mol. The molecule has 11 heavy (non-hydrogen) atoms. The second-order valence-electron chi connectivity index (χ2n) is 4.83. The minimum absolute atomic E-state index is 0.222. The molecule has 0 saturated heterocycles. The summed E-state index contributed by atoms with van der Waals surface area (Å²) >= 11 is 3.35. The highest BCUT2D eigenvalue weighted by atomic mass is 79.9. The first kappa shape index (κ1) is 11.7. The lowest BCUT2D eigenvalue weighted by molar-refractivity contribution is 0.231. The molecular weight excluding hydrogens is 220 g/mol. The molecule has 3 heteroatoms. The normalized spacial score (nSPS) is 19.6. The molecule has 0 aromatic carbocycles. The van der Waals surface area contributed by atoms with Gasteiger partial charge in [0.25, 0.3) is 0 Å². The first-order valence-electron chi connectivity index (χ1n) is 3.91. The van der Waals surface area contributed by atoms with Gasteiger partial charge in [0.15, 0.2) is 0 Å². The molecule has 0 aliphatic heterocycles. The van der Waals surface area contributed by atoms with Crippen LogP contribution in [0.5, 0.6) is 0 Å². The fourth-order valence-electron chi connectivity index (χ4n) is 0.684. The molecule has 0 aromatic heterocycles. The zero-order valence-corrected chi connectivity index (χ0v) is 10.9. The topological polar surface area (TPSA) is 20.2 Å². The second kappa shape index (κ2) is 2.86. The number of rotatable bonds is 1. The van der Waals surface area contributed by atoms with Crippen LogP contribution < -0.4 is 0 Å². The van der Waals surface area contributed by atoms with Crippen LogP contribution in [-0.2, 0) is 0 Å². The van der Waals surface area contributed by atoms with Gasteiger partial charge in [-0.25, -0.2) is 0 Å². The number of hydrogen-bond acceptors (Lipinski definition) is 1. The van der Waals surface area contributed by atoms with Crippen LogP contribution in [0.4, 0.5) is 0 Å². The molecule has 0 aromatic rings. The Morgan fingerprint density at radius 2 is 1.36 bits per heavy atom. The Bertz CT molecular complexity index is 125. The predicted molar refractivity (Wildman–Crippen MR) is 56.7 cm³/mol. The Morgan fingerprint density at radius 3 is 1.36 bits per heavy atom. The van der Waals surface area contributed by atoms with Crippen molar-refractivity contribution in [2.45, 2.75) is 50.0 Å². The summed E-state index contributed by atoms with van der Waals surface area (Å²) in [7, 11) is -1.63. The summed E-state index contributed by atoms with van der Waals surface area (Å²) in [4.78, 5) is 0. The standard InChI is InChI=1S/C8H19BrOSi/c1-7(2,3)11(5,6)8(4,9)10/h10H,1-6H3. The van der Waals surface area contributed by atoms with E-state index in [-0.39, 0.29) is 5.04 Å². The molecule has 1 atom stereocenters. The smallest absolute Gasteiger partial charge is 0.104 e. The first-order chi connectivity index (χ1) is 4.50. The molecule has 0 saturated carbocycles. The maximum absolute atomic E-state index is 9.86. The fourth-order valence-corrected chi connectivity index (χ4v) is 3.84. The van der Waals surface area contributed by atoms with E-state index in [2.05, 4.69) is 49.8 Å². The van der Waals surface area contributed by atoms with Crippen molar-refractivity contribution in [1.29, 1.82) is 0 Å². The Kier molecular flexibility index (Phi) is 3.03. The van der Waals surface area contributed by atoms with Gasteiger partial charge >= 0.3 is 0 Å². The predicted octanol–water partition coefficient (Wildman–Crippen LogP) is 3.14. The highest BCUT2D eigenvalue weighted by Crippen LogP contribution is 2.44. The molecule has 1 nitrogen and oxygen atoms in total. The summed E-state index contributed by atoms with van der Waals surface area (Å²) in [6.45, 7) is 12.8. The van der Waals surface area contributed by atoms with Crippen LogP contribution in [0.2, 0.25) is 18.1 Å².